The zero-order valence-corrected chi connectivity index (χ0v) is 19.5. The number of amides is 1. The first-order chi connectivity index (χ1) is 12.9. The predicted octanol–water partition coefficient (Wildman–Crippen LogP) is 2.20. The number of fused-ring (bicyclic) bond motifs is 1. The van der Waals surface area contributed by atoms with Crippen LogP contribution in [-0.4, -0.2) is 66.0 Å². The van der Waals surface area contributed by atoms with Crippen LogP contribution in [0.15, 0.2) is 29.3 Å². The monoisotopic (exact) mass is 500 g/mol. The number of piperazine rings is 1. The minimum atomic E-state index is -0.882. The fraction of sp³-hybridized carbons (Fsp3) is 0.619. The molecule has 0 radical (unpaired) electrons. The van der Waals surface area contributed by atoms with Gasteiger partial charge in [0.2, 0.25) is 5.91 Å². The number of hydrogen-bond donors (Lipinski definition) is 2. The Labute approximate surface area is 185 Å². The normalized spacial score (nSPS) is 22.1. The van der Waals surface area contributed by atoms with E-state index in [2.05, 4.69) is 16.3 Å². The summed E-state index contributed by atoms with van der Waals surface area (Å²) < 4.78 is 0. The highest BCUT2D eigenvalue weighted by molar-refractivity contribution is 14.0. The number of guanidine groups is 1. The van der Waals surface area contributed by atoms with Gasteiger partial charge in [-0.15, -0.1) is 24.0 Å². The molecule has 0 saturated carbocycles. The summed E-state index contributed by atoms with van der Waals surface area (Å²) in [7, 11) is 0. The molecule has 3 rings (SSSR count). The Balaban J connectivity index is 0.00000280. The second-order valence-electron chi connectivity index (χ2n) is 7.83. The van der Waals surface area contributed by atoms with E-state index in [-0.39, 0.29) is 35.8 Å². The van der Waals surface area contributed by atoms with Gasteiger partial charge in [0.15, 0.2) is 5.96 Å². The molecule has 1 fully saturated rings. The van der Waals surface area contributed by atoms with E-state index in [1.807, 2.05) is 43.9 Å². The zero-order valence-electron chi connectivity index (χ0n) is 17.1. The number of aliphatic imine (C=N–C) groups is 1. The molecule has 0 spiro atoms. The second-order valence-corrected chi connectivity index (χ2v) is 7.83. The van der Waals surface area contributed by atoms with Crippen molar-refractivity contribution in [1.82, 2.24) is 15.1 Å². The van der Waals surface area contributed by atoms with Gasteiger partial charge in [0.05, 0.1) is 6.54 Å². The molecule has 1 aliphatic heterocycles. The fourth-order valence-electron chi connectivity index (χ4n) is 3.97. The van der Waals surface area contributed by atoms with E-state index in [4.69, 9.17) is 4.99 Å². The van der Waals surface area contributed by atoms with E-state index in [1.165, 1.54) is 5.56 Å². The summed E-state index contributed by atoms with van der Waals surface area (Å²) in [5.41, 5.74) is 1.35. The Hall–Kier alpha value is -1.35. The summed E-state index contributed by atoms with van der Waals surface area (Å²) in [6, 6.07) is 8.11. The smallest absolute Gasteiger partial charge is 0.225 e. The Morgan fingerprint density at radius 1 is 1.21 bits per heavy atom. The molecule has 1 aliphatic carbocycles. The molecular formula is C21H33IN4O2. The van der Waals surface area contributed by atoms with Gasteiger partial charge in [-0.3, -0.25) is 4.79 Å². The van der Waals surface area contributed by atoms with Crippen LogP contribution in [0.25, 0.3) is 0 Å². The summed E-state index contributed by atoms with van der Waals surface area (Å²) in [5.74, 6) is 1.08. The maximum Gasteiger partial charge on any atom is 0.225 e. The van der Waals surface area contributed by atoms with Crippen molar-refractivity contribution in [2.75, 3.05) is 39.3 Å². The molecule has 7 heteroatoms. The highest BCUT2D eigenvalue weighted by Crippen LogP contribution is 2.36. The van der Waals surface area contributed by atoms with Crippen LogP contribution < -0.4 is 5.32 Å². The van der Waals surface area contributed by atoms with Crippen molar-refractivity contribution in [3.05, 3.63) is 35.4 Å². The number of nitrogens with one attached hydrogen (secondary N) is 1. The van der Waals surface area contributed by atoms with Crippen LogP contribution >= 0.6 is 24.0 Å². The van der Waals surface area contributed by atoms with Crippen LogP contribution in [0.5, 0.6) is 0 Å². The topological polar surface area (TPSA) is 68.2 Å². The minimum Gasteiger partial charge on any atom is -0.383 e. The highest BCUT2D eigenvalue weighted by atomic mass is 127. The van der Waals surface area contributed by atoms with E-state index < -0.39 is 5.60 Å². The van der Waals surface area contributed by atoms with Crippen molar-refractivity contribution in [2.24, 2.45) is 10.9 Å². The summed E-state index contributed by atoms with van der Waals surface area (Å²) >= 11 is 0. The van der Waals surface area contributed by atoms with E-state index in [1.54, 1.807) is 0 Å². The van der Waals surface area contributed by atoms with Crippen LogP contribution in [0, 0.1) is 5.92 Å². The van der Waals surface area contributed by atoms with E-state index in [9.17, 15) is 9.90 Å². The largest absolute Gasteiger partial charge is 0.383 e. The first kappa shape index (κ1) is 22.9. The SMILES string of the molecule is CCNC(=NCC1(O)CCc2ccccc21)N1CCN(C(=O)C(C)C)CC1.I. The lowest BCUT2D eigenvalue weighted by atomic mass is 9.96. The van der Waals surface area contributed by atoms with E-state index >= 15 is 0 Å². The number of aliphatic hydroxyl groups is 1. The van der Waals surface area contributed by atoms with E-state index in [0.29, 0.717) is 26.1 Å². The van der Waals surface area contributed by atoms with Crippen molar-refractivity contribution < 1.29 is 9.90 Å². The van der Waals surface area contributed by atoms with Crippen molar-refractivity contribution >= 4 is 35.8 Å². The number of halogens is 1. The lowest BCUT2D eigenvalue weighted by Crippen LogP contribution is -2.54. The molecule has 1 aromatic rings. The Morgan fingerprint density at radius 3 is 2.50 bits per heavy atom. The molecule has 1 heterocycles. The average Bonchev–Trinajstić information content (AvgIpc) is 3.02. The Kier molecular flexibility index (Phi) is 8.12. The van der Waals surface area contributed by atoms with Crippen LogP contribution in [0.4, 0.5) is 0 Å². The third-order valence-corrected chi connectivity index (χ3v) is 5.54. The van der Waals surface area contributed by atoms with Gasteiger partial charge in [-0.05, 0) is 30.9 Å². The number of nitrogens with zero attached hydrogens (tertiary/aromatic N) is 3. The maximum absolute atomic E-state index is 12.2. The molecule has 2 N–H and O–H groups in total. The summed E-state index contributed by atoms with van der Waals surface area (Å²) in [6.45, 7) is 10.0. The van der Waals surface area contributed by atoms with Gasteiger partial charge < -0.3 is 20.2 Å². The molecule has 2 aliphatic rings. The molecule has 1 unspecified atom stereocenters. The van der Waals surface area contributed by atoms with Crippen LogP contribution in [0.1, 0.15) is 38.3 Å². The highest BCUT2D eigenvalue weighted by Gasteiger charge is 2.36. The quantitative estimate of drug-likeness (QED) is 0.378. The maximum atomic E-state index is 12.2. The molecule has 1 aromatic carbocycles. The molecule has 0 aromatic heterocycles. The third-order valence-electron chi connectivity index (χ3n) is 5.54. The van der Waals surface area contributed by atoms with E-state index in [0.717, 1.165) is 37.6 Å². The number of hydrogen-bond acceptors (Lipinski definition) is 3. The van der Waals surface area contributed by atoms with Gasteiger partial charge in [0.25, 0.3) is 0 Å². The lowest BCUT2D eigenvalue weighted by Gasteiger charge is -2.37. The van der Waals surface area contributed by atoms with Gasteiger partial charge in [-0.2, -0.15) is 0 Å². The van der Waals surface area contributed by atoms with Gasteiger partial charge in [-0.25, -0.2) is 4.99 Å². The summed E-state index contributed by atoms with van der Waals surface area (Å²) in [5, 5.41) is 14.5. The first-order valence-corrected chi connectivity index (χ1v) is 10.1. The summed E-state index contributed by atoms with van der Waals surface area (Å²) in [6.07, 6.45) is 1.61. The number of benzene rings is 1. The molecule has 6 nitrogen and oxygen atoms in total. The summed E-state index contributed by atoms with van der Waals surface area (Å²) in [4.78, 5) is 21.1. The van der Waals surface area contributed by atoms with Crippen molar-refractivity contribution in [1.29, 1.82) is 0 Å². The van der Waals surface area contributed by atoms with Gasteiger partial charge in [0.1, 0.15) is 5.60 Å². The van der Waals surface area contributed by atoms with Gasteiger partial charge >= 0.3 is 0 Å². The van der Waals surface area contributed by atoms with Gasteiger partial charge in [-0.1, -0.05) is 38.1 Å². The molecule has 28 heavy (non-hydrogen) atoms. The van der Waals surface area contributed by atoms with Crippen molar-refractivity contribution in [3.63, 3.8) is 0 Å². The Bertz CT molecular complexity index is 701. The second kappa shape index (κ2) is 9.91. The number of aryl methyl sites for hydroxylation is 1. The zero-order chi connectivity index (χ0) is 19.4. The van der Waals surface area contributed by atoms with Crippen LogP contribution in [-0.2, 0) is 16.8 Å². The third kappa shape index (κ3) is 4.97. The lowest BCUT2D eigenvalue weighted by molar-refractivity contribution is -0.135. The molecule has 1 atom stereocenters. The number of rotatable bonds is 4. The number of carbonyl (C=O) groups excluding carboxylic acids is 1. The minimum absolute atomic E-state index is 0. The first-order valence-electron chi connectivity index (χ1n) is 10.1. The van der Waals surface area contributed by atoms with Crippen molar-refractivity contribution in [2.45, 2.75) is 39.2 Å². The van der Waals surface area contributed by atoms with Crippen LogP contribution in [0.3, 0.4) is 0 Å². The number of carbonyl (C=O) groups is 1. The molecule has 1 amide bonds. The standard InChI is InChI=1S/C21H32N4O2.HI/c1-4-22-20(25-13-11-24(12-14-25)19(26)16(2)3)23-15-21(27)10-9-17-7-5-6-8-18(17)21;/h5-8,16,27H,4,9-15H2,1-3H3,(H,22,23);1H. The molecule has 156 valence electrons. The van der Waals surface area contributed by atoms with Crippen LogP contribution in [0.2, 0.25) is 0 Å². The van der Waals surface area contributed by atoms with Crippen molar-refractivity contribution in [3.8, 4) is 0 Å². The fourth-order valence-corrected chi connectivity index (χ4v) is 3.97. The average molecular weight is 500 g/mol. The van der Waals surface area contributed by atoms with Gasteiger partial charge in [0, 0.05) is 38.6 Å². The predicted molar refractivity (Wildman–Crippen MR) is 123 cm³/mol. The molecule has 1 saturated heterocycles. The molecule has 0 bridgehead atoms. The molecular weight excluding hydrogens is 467 g/mol. The Morgan fingerprint density at radius 2 is 1.86 bits per heavy atom.